The molecule has 0 amide bonds. The molecule has 0 saturated carbocycles. The lowest BCUT2D eigenvalue weighted by Gasteiger charge is -2.11. The van der Waals surface area contributed by atoms with Crippen LogP contribution in [0.25, 0.3) is 11.1 Å². The van der Waals surface area contributed by atoms with Crippen LogP contribution in [0.4, 0.5) is 8.78 Å². The third-order valence-corrected chi connectivity index (χ3v) is 2.99. The van der Waals surface area contributed by atoms with Gasteiger partial charge in [-0.3, -0.25) is 0 Å². The van der Waals surface area contributed by atoms with Crippen LogP contribution in [-0.2, 0) is 0 Å². The molecule has 0 spiro atoms. The summed E-state index contributed by atoms with van der Waals surface area (Å²) in [5.74, 6) is 0.623. The Balaban J connectivity index is 2.42. The number of halogens is 2. The fourth-order valence-electron chi connectivity index (χ4n) is 1.94. The molecule has 0 saturated heterocycles. The molecule has 0 aliphatic rings. The maximum absolute atomic E-state index is 13.3. The second kappa shape index (κ2) is 6.15. The van der Waals surface area contributed by atoms with Crippen LogP contribution in [0.1, 0.15) is 11.1 Å². The van der Waals surface area contributed by atoms with Gasteiger partial charge < -0.3 is 4.74 Å². The van der Waals surface area contributed by atoms with Crippen molar-refractivity contribution in [2.45, 2.75) is 0 Å². The molecule has 1 nitrogen and oxygen atoms in total. The molecule has 0 fully saturated rings. The van der Waals surface area contributed by atoms with E-state index in [9.17, 15) is 8.78 Å². The van der Waals surface area contributed by atoms with Gasteiger partial charge in [0.25, 0.3) is 6.08 Å². The van der Waals surface area contributed by atoms with Gasteiger partial charge in [-0.2, -0.15) is 8.78 Å². The molecule has 2 aromatic rings. The molecule has 0 atom stereocenters. The van der Waals surface area contributed by atoms with E-state index in [0.717, 1.165) is 0 Å². The number of benzene rings is 2. The molecule has 102 valence electrons. The monoisotopic (exact) mass is 272 g/mol. The van der Waals surface area contributed by atoms with E-state index in [1.807, 2.05) is 6.07 Å². The van der Waals surface area contributed by atoms with Crippen molar-refractivity contribution in [3.8, 4) is 5.75 Å². The third kappa shape index (κ3) is 2.94. The first-order chi connectivity index (χ1) is 9.63. The molecule has 2 aromatic carbocycles. The van der Waals surface area contributed by atoms with Crippen LogP contribution in [0.5, 0.6) is 5.75 Å². The van der Waals surface area contributed by atoms with Gasteiger partial charge in [-0.25, -0.2) is 0 Å². The van der Waals surface area contributed by atoms with Crippen molar-refractivity contribution in [2.75, 3.05) is 7.11 Å². The average Bonchev–Trinajstić information content (AvgIpc) is 2.48. The third-order valence-electron chi connectivity index (χ3n) is 2.99. The van der Waals surface area contributed by atoms with Gasteiger partial charge in [0.15, 0.2) is 0 Å². The highest BCUT2D eigenvalue weighted by atomic mass is 19.3. The molecule has 0 N–H and O–H groups in total. The Labute approximate surface area is 116 Å². The summed E-state index contributed by atoms with van der Waals surface area (Å²) in [5, 5.41) is 0. The molecule has 0 aromatic heterocycles. The van der Waals surface area contributed by atoms with E-state index in [2.05, 4.69) is 6.58 Å². The molecule has 0 heterocycles. The fourth-order valence-corrected chi connectivity index (χ4v) is 1.94. The van der Waals surface area contributed by atoms with Crippen LogP contribution in [0.2, 0.25) is 0 Å². The Morgan fingerprint density at radius 2 is 1.50 bits per heavy atom. The standard InChI is InChI=1S/C17H14F2O/c1-12(13-6-4-3-5-7-13)16(17(18)19)14-8-10-15(20-2)11-9-14/h3-11H,1H2,2H3. The van der Waals surface area contributed by atoms with E-state index in [4.69, 9.17) is 4.74 Å². The van der Waals surface area contributed by atoms with Gasteiger partial charge >= 0.3 is 0 Å². The normalized spacial score (nSPS) is 9.95. The molecule has 0 aliphatic carbocycles. The summed E-state index contributed by atoms with van der Waals surface area (Å²) in [6, 6.07) is 15.4. The number of ether oxygens (including phenoxy) is 1. The summed E-state index contributed by atoms with van der Waals surface area (Å²) in [6.07, 6.45) is -1.75. The second-order valence-corrected chi connectivity index (χ2v) is 4.21. The Kier molecular flexibility index (Phi) is 4.31. The van der Waals surface area contributed by atoms with Crippen molar-refractivity contribution >= 4 is 11.1 Å². The minimum atomic E-state index is -1.75. The first-order valence-corrected chi connectivity index (χ1v) is 6.08. The van der Waals surface area contributed by atoms with E-state index < -0.39 is 6.08 Å². The van der Waals surface area contributed by atoms with Gasteiger partial charge in [0.05, 0.1) is 12.7 Å². The zero-order chi connectivity index (χ0) is 14.5. The van der Waals surface area contributed by atoms with Gasteiger partial charge in [-0.1, -0.05) is 49.0 Å². The summed E-state index contributed by atoms with van der Waals surface area (Å²) in [6.45, 7) is 3.80. The highest BCUT2D eigenvalue weighted by Crippen LogP contribution is 2.34. The van der Waals surface area contributed by atoms with Crippen molar-refractivity contribution in [2.24, 2.45) is 0 Å². The Morgan fingerprint density at radius 3 is 2.00 bits per heavy atom. The SMILES string of the molecule is C=C(C(=C(F)F)c1ccc(OC)cc1)c1ccccc1. The van der Waals surface area contributed by atoms with Gasteiger partial charge in [0.1, 0.15) is 5.75 Å². The number of rotatable bonds is 4. The van der Waals surface area contributed by atoms with Crippen LogP contribution in [0, 0.1) is 0 Å². The maximum Gasteiger partial charge on any atom is 0.278 e. The lowest BCUT2D eigenvalue weighted by Crippen LogP contribution is -1.91. The highest BCUT2D eigenvalue weighted by molar-refractivity contribution is 6.04. The lowest BCUT2D eigenvalue weighted by atomic mass is 9.94. The summed E-state index contributed by atoms with van der Waals surface area (Å²) in [4.78, 5) is 0. The highest BCUT2D eigenvalue weighted by Gasteiger charge is 2.14. The summed E-state index contributed by atoms with van der Waals surface area (Å²) in [7, 11) is 1.53. The van der Waals surface area contributed by atoms with Crippen molar-refractivity contribution in [3.05, 3.63) is 78.4 Å². The van der Waals surface area contributed by atoms with E-state index in [0.29, 0.717) is 22.4 Å². The average molecular weight is 272 g/mol. The van der Waals surface area contributed by atoms with Crippen LogP contribution in [-0.4, -0.2) is 7.11 Å². The molecule has 3 heteroatoms. The quantitative estimate of drug-likeness (QED) is 0.710. The number of hydrogen-bond acceptors (Lipinski definition) is 1. The molecular weight excluding hydrogens is 258 g/mol. The predicted octanol–water partition coefficient (Wildman–Crippen LogP) is 5.02. The molecule has 0 aliphatic heterocycles. The van der Waals surface area contributed by atoms with E-state index in [1.54, 1.807) is 48.5 Å². The lowest BCUT2D eigenvalue weighted by molar-refractivity contribution is 0.414. The molecule has 0 unspecified atom stereocenters. The Bertz CT molecular complexity index is 624. The zero-order valence-corrected chi connectivity index (χ0v) is 11.1. The van der Waals surface area contributed by atoms with Gasteiger partial charge in [0, 0.05) is 0 Å². The van der Waals surface area contributed by atoms with Crippen molar-refractivity contribution < 1.29 is 13.5 Å². The molecule has 0 bridgehead atoms. The predicted molar refractivity (Wildman–Crippen MR) is 77.6 cm³/mol. The molecule has 2 rings (SSSR count). The summed E-state index contributed by atoms with van der Waals surface area (Å²) >= 11 is 0. The number of hydrogen-bond donors (Lipinski definition) is 0. The first-order valence-electron chi connectivity index (χ1n) is 6.08. The smallest absolute Gasteiger partial charge is 0.278 e. The van der Waals surface area contributed by atoms with Crippen molar-refractivity contribution in [3.63, 3.8) is 0 Å². The second-order valence-electron chi connectivity index (χ2n) is 4.21. The van der Waals surface area contributed by atoms with Crippen LogP contribution in [0.15, 0.2) is 67.3 Å². The minimum Gasteiger partial charge on any atom is -0.497 e. The van der Waals surface area contributed by atoms with Crippen LogP contribution < -0.4 is 4.74 Å². The Hall–Kier alpha value is -2.42. The van der Waals surface area contributed by atoms with E-state index in [-0.39, 0.29) is 5.57 Å². The van der Waals surface area contributed by atoms with Crippen LogP contribution >= 0.6 is 0 Å². The topological polar surface area (TPSA) is 9.23 Å². The molecule has 20 heavy (non-hydrogen) atoms. The fraction of sp³-hybridized carbons (Fsp3) is 0.0588. The first kappa shape index (κ1) is 14.0. The van der Waals surface area contributed by atoms with Crippen LogP contribution in [0.3, 0.4) is 0 Å². The Morgan fingerprint density at radius 1 is 0.900 bits per heavy atom. The van der Waals surface area contributed by atoms with Crippen molar-refractivity contribution in [1.29, 1.82) is 0 Å². The largest absolute Gasteiger partial charge is 0.497 e. The molecular formula is C17H14F2O. The summed E-state index contributed by atoms with van der Waals surface area (Å²) in [5.41, 5.74) is 1.25. The molecule has 0 radical (unpaired) electrons. The maximum atomic E-state index is 13.3. The van der Waals surface area contributed by atoms with Gasteiger partial charge in [-0.05, 0) is 28.8 Å². The van der Waals surface area contributed by atoms with E-state index in [1.165, 1.54) is 7.11 Å². The number of allylic oxidation sites excluding steroid dienone is 2. The van der Waals surface area contributed by atoms with Crippen molar-refractivity contribution in [1.82, 2.24) is 0 Å². The summed E-state index contributed by atoms with van der Waals surface area (Å²) < 4.78 is 31.6. The number of methoxy groups -OCH3 is 1. The zero-order valence-electron chi connectivity index (χ0n) is 11.1. The minimum absolute atomic E-state index is 0.140. The van der Waals surface area contributed by atoms with E-state index >= 15 is 0 Å². The van der Waals surface area contributed by atoms with Gasteiger partial charge in [-0.15, -0.1) is 0 Å². The van der Waals surface area contributed by atoms with Gasteiger partial charge in [0.2, 0.25) is 0 Å².